The van der Waals surface area contributed by atoms with Crippen LogP contribution in [0.1, 0.15) is 0 Å². The van der Waals surface area contributed by atoms with E-state index in [1.807, 2.05) is 18.3 Å². The lowest BCUT2D eigenvalue weighted by atomic mass is 10.2. The van der Waals surface area contributed by atoms with Crippen LogP contribution in [0.4, 0.5) is 5.95 Å². The third kappa shape index (κ3) is 2.09. The third-order valence-electron chi connectivity index (χ3n) is 3.09. The van der Waals surface area contributed by atoms with Gasteiger partial charge < -0.3 is 15.4 Å². The van der Waals surface area contributed by atoms with Gasteiger partial charge in [0.2, 0.25) is 5.95 Å². The molecule has 0 aromatic carbocycles. The lowest BCUT2D eigenvalue weighted by molar-refractivity contribution is 0.111. The van der Waals surface area contributed by atoms with Gasteiger partial charge in [-0.3, -0.25) is 0 Å². The van der Waals surface area contributed by atoms with E-state index in [-0.39, 0.29) is 12.1 Å². The second kappa shape index (κ2) is 4.83. The number of nitrogens with one attached hydrogen (secondary N) is 2. The van der Waals surface area contributed by atoms with E-state index in [9.17, 15) is 0 Å². The van der Waals surface area contributed by atoms with Gasteiger partial charge in [-0.2, -0.15) is 4.98 Å². The Hall–Kier alpha value is -1.18. The summed E-state index contributed by atoms with van der Waals surface area (Å²) in [6.07, 6.45) is 2.03. The summed E-state index contributed by atoms with van der Waals surface area (Å²) >= 11 is 3.46. The van der Waals surface area contributed by atoms with Crippen molar-refractivity contribution in [3.63, 3.8) is 0 Å². The first kappa shape index (κ1) is 11.9. The van der Waals surface area contributed by atoms with Crippen LogP contribution in [0.5, 0.6) is 0 Å². The van der Waals surface area contributed by atoms with E-state index in [4.69, 9.17) is 4.74 Å². The van der Waals surface area contributed by atoms with E-state index in [1.54, 1.807) is 11.6 Å². The Morgan fingerprint density at radius 1 is 1.56 bits per heavy atom. The van der Waals surface area contributed by atoms with E-state index in [0.29, 0.717) is 5.95 Å². The summed E-state index contributed by atoms with van der Waals surface area (Å²) in [5.41, 5.74) is 0.805. The number of aromatic nitrogens is 3. The smallest absolute Gasteiger partial charge is 0.243 e. The molecule has 0 radical (unpaired) electrons. The Morgan fingerprint density at radius 2 is 2.44 bits per heavy atom. The SMILES string of the molecule is CO[C@H]1CNCC1Nc1nc2c(Br)cccn2n1. The molecule has 7 heteroatoms. The molecule has 18 heavy (non-hydrogen) atoms. The van der Waals surface area contributed by atoms with E-state index in [2.05, 4.69) is 36.6 Å². The number of fused-ring (bicyclic) bond motifs is 1. The van der Waals surface area contributed by atoms with Crippen LogP contribution in [-0.2, 0) is 4.74 Å². The topological polar surface area (TPSA) is 63.5 Å². The second-order valence-corrected chi connectivity index (χ2v) is 5.10. The summed E-state index contributed by atoms with van der Waals surface area (Å²) < 4.78 is 8.07. The minimum atomic E-state index is 0.153. The molecular weight excluding hydrogens is 298 g/mol. The second-order valence-electron chi connectivity index (χ2n) is 4.24. The highest BCUT2D eigenvalue weighted by Gasteiger charge is 2.27. The number of methoxy groups -OCH3 is 1. The molecule has 0 saturated carbocycles. The van der Waals surface area contributed by atoms with Crippen LogP contribution in [0, 0.1) is 0 Å². The summed E-state index contributed by atoms with van der Waals surface area (Å²) in [5.74, 6) is 0.623. The summed E-state index contributed by atoms with van der Waals surface area (Å²) in [6.45, 7) is 1.71. The predicted molar refractivity (Wildman–Crippen MR) is 71.8 cm³/mol. The van der Waals surface area contributed by atoms with Gasteiger partial charge in [0.05, 0.1) is 16.6 Å². The first-order chi connectivity index (χ1) is 8.78. The Morgan fingerprint density at radius 3 is 3.22 bits per heavy atom. The Kier molecular flexibility index (Phi) is 3.19. The lowest BCUT2D eigenvalue weighted by Crippen LogP contribution is -2.33. The maximum absolute atomic E-state index is 5.40. The van der Waals surface area contributed by atoms with Crippen LogP contribution in [0.25, 0.3) is 5.65 Å². The van der Waals surface area contributed by atoms with Crippen molar-refractivity contribution in [1.82, 2.24) is 19.9 Å². The average molecular weight is 312 g/mol. The summed E-state index contributed by atoms with van der Waals surface area (Å²) in [5, 5.41) is 11.0. The molecule has 2 atom stereocenters. The van der Waals surface area contributed by atoms with Crippen LogP contribution in [0.3, 0.4) is 0 Å². The minimum absolute atomic E-state index is 0.153. The fourth-order valence-corrected chi connectivity index (χ4v) is 2.57. The van der Waals surface area contributed by atoms with Crippen LogP contribution in [-0.4, -0.2) is 46.9 Å². The number of hydrogen-bond acceptors (Lipinski definition) is 5. The van der Waals surface area contributed by atoms with Crippen LogP contribution >= 0.6 is 15.9 Å². The fraction of sp³-hybridized carbons (Fsp3) is 0.455. The molecule has 2 N–H and O–H groups in total. The third-order valence-corrected chi connectivity index (χ3v) is 3.71. The molecule has 1 unspecified atom stereocenters. The molecule has 0 aliphatic carbocycles. The monoisotopic (exact) mass is 311 g/mol. The van der Waals surface area contributed by atoms with Gasteiger partial charge in [0.25, 0.3) is 0 Å². The molecule has 0 bridgehead atoms. The van der Waals surface area contributed by atoms with E-state index in [0.717, 1.165) is 23.2 Å². The molecule has 1 saturated heterocycles. The molecular formula is C11H14BrN5O. The quantitative estimate of drug-likeness (QED) is 0.881. The molecule has 0 spiro atoms. The number of anilines is 1. The highest BCUT2D eigenvalue weighted by Crippen LogP contribution is 2.18. The maximum atomic E-state index is 5.40. The zero-order valence-electron chi connectivity index (χ0n) is 9.93. The van der Waals surface area contributed by atoms with Crippen molar-refractivity contribution in [2.75, 3.05) is 25.5 Å². The lowest BCUT2D eigenvalue weighted by Gasteiger charge is -2.17. The molecule has 1 fully saturated rings. The zero-order valence-corrected chi connectivity index (χ0v) is 11.5. The van der Waals surface area contributed by atoms with Crippen LogP contribution < -0.4 is 10.6 Å². The summed E-state index contributed by atoms with van der Waals surface area (Å²) in [6, 6.07) is 4.07. The molecule has 2 aromatic rings. The number of nitrogens with zero attached hydrogens (tertiary/aromatic N) is 3. The molecule has 2 aromatic heterocycles. The van der Waals surface area contributed by atoms with Crippen molar-refractivity contribution in [3.05, 3.63) is 22.8 Å². The van der Waals surface area contributed by atoms with Crippen LogP contribution in [0.15, 0.2) is 22.8 Å². The zero-order chi connectivity index (χ0) is 12.5. The van der Waals surface area contributed by atoms with E-state index < -0.39 is 0 Å². The Labute approximate surface area is 113 Å². The van der Waals surface area contributed by atoms with Crippen molar-refractivity contribution >= 4 is 27.5 Å². The first-order valence-corrected chi connectivity index (χ1v) is 6.58. The van der Waals surface area contributed by atoms with Gasteiger partial charge in [0, 0.05) is 26.4 Å². The highest BCUT2D eigenvalue weighted by atomic mass is 79.9. The van der Waals surface area contributed by atoms with Gasteiger partial charge in [0.15, 0.2) is 5.65 Å². The van der Waals surface area contributed by atoms with E-state index in [1.165, 1.54) is 0 Å². The van der Waals surface area contributed by atoms with Gasteiger partial charge in [-0.05, 0) is 28.1 Å². The van der Waals surface area contributed by atoms with Crippen molar-refractivity contribution < 1.29 is 4.74 Å². The Balaban J connectivity index is 1.84. The maximum Gasteiger partial charge on any atom is 0.243 e. The molecule has 0 amide bonds. The predicted octanol–water partition coefficient (Wildman–Crippen LogP) is 0.890. The molecule has 1 aliphatic rings. The average Bonchev–Trinajstić information content (AvgIpc) is 2.96. The fourth-order valence-electron chi connectivity index (χ4n) is 2.15. The number of hydrogen-bond donors (Lipinski definition) is 2. The van der Waals surface area contributed by atoms with Gasteiger partial charge in [-0.1, -0.05) is 0 Å². The number of ether oxygens (including phenoxy) is 1. The summed E-state index contributed by atoms with van der Waals surface area (Å²) in [4.78, 5) is 4.46. The molecule has 3 heterocycles. The standard InChI is InChI=1S/C11H14BrN5O/c1-18-9-6-13-5-8(9)14-11-15-10-7(12)3-2-4-17(10)16-11/h2-4,8-9,13H,5-6H2,1H3,(H,14,16)/t8?,9-/m0/s1. The van der Waals surface area contributed by atoms with Crippen molar-refractivity contribution in [3.8, 4) is 0 Å². The summed E-state index contributed by atoms with van der Waals surface area (Å²) in [7, 11) is 1.72. The van der Waals surface area contributed by atoms with E-state index >= 15 is 0 Å². The molecule has 96 valence electrons. The number of halogens is 1. The van der Waals surface area contributed by atoms with Gasteiger partial charge >= 0.3 is 0 Å². The Bertz CT molecular complexity index is 557. The van der Waals surface area contributed by atoms with Crippen molar-refractivity contribution in [2.24, 2.45) is 0 Å². The normalized spacial score (nSPS) is 23.7. The molecule has 1 aliphatic heterocycles. The van der Waals surface area contributed by atoms with Crippen molar-refractivity contribution in [1.29, 1.82) is 0 Å². The largest absolute Gasteiger partial charge is 0.378 e. The van der Waals surface area contributed by atoms with Gasteiger partial charge in [-0.25, -0.2) is 4.52 Å². The molecule has 3 rings (SSSR count). The number of pyridine rings is 1. The highest BCUT2D eigenvalue weighted by molar-refractivity contribution is 9.10. The van der Waals surface area contributed by atoms with Gasteiger partial charge in [0.1, 0.15) is 0 Å². The number of rotatable bonds is 3. The first-order valence-electron chi connectivity index (χ1n) is 5.79. The molecule has 6 nitrogen and oxygen atoms in total. The van der Waals surface area contributed by atoms with Gasteiger partial charge in [-0.15, -0.1) is 5.10 Å². The minimum Gasteiger partial charge on any atom is -0.378 e. The van der Waals surface area contributed by atoms with Crippen molar-refractivity contribution in [2.45, 2.75) is 12.1 Å². The van der Waals surface area contributed by atoms with Crippen LogP contribution in [0.2, 0.25) is 0 Å².